The zero-order valence-electron chi connectivity index (χ0n) is 15.6. The molecule has 3 rings (SSSR count). The van der Waals surface area contributed by atoms with Crippen molar-refractivity contribution in [3.63, 3.8) is 0 Å². The van der Waals surface area contributed by atoms with Gasteiger partial charge in [-0.15, -0.1) is 10.2 Å². The molecule has 7 heteroatoms. The number of carbonyl (C=O) groups excluding carboxylic acids is 2. The number of amides is 2. The maximum Gasteiger partial charge on any atom is 0.227 e. The normalized spacial score (nSPS) is 10.5. The van der Waals surface area contributed by atoms with Gasteiger partial charge in [0, 0.05) is 24.9 Å². The van der Waals surface area contributed by atoms with Gasteiger partial charge in [0.15, 0.2) is 0 Å². The number of nitrogens with one attached hydrogen (secondary N) is 2. The van der Waals surface area contributed by atoms with Crippen molar-refractivity contribution in [2.75, 3.05) is 11.9 Å². The van der Waals surface area contributed by atoms with E-state index in [9.17, 15) is 9.59 Å². The van der Waals surface area contributed by atoms with Crippen LogP contribution in [0.25, 0.3) is 10.6 Å². The standard InChI is InChI=1S/C21H22N4O2S/c1-15-6-5-9-17(14-15)20-24-25-21(28-20)23-19(27)12-13-22-18(26)11-10-16-7-3-2-4-8-16/h2-9,14H,10-13H2,1H3,(H,22,26)(H,23,25,27). The summed E-state index contributed by atoms with van der Waals surface area (Å²) in [5.41, 5.74) is 3.24. The largest absolute Gasteiger partial charge is 0.356 e. The van der Waals surface area contributed by atoms with Crippen LogP contribution in [0.4, 0.5) is 5.13 Å². The summed E-state index contributed by atoms with van der Waals surface area (Å²) < 4.78 is 0. The van der Waals surface area contributed by atoms with Crippen molar-refractivity contribution in [2.45, 2.75) is 26.2 Å². The van der Waals surface area contributed by atoms with Gasteiger partial charge < -0.3 is 10.6 Å². The number of carbonyl (C=O) groups is 2. The first-order valence-electron chi connectivity index (χ1n) is 9.11. The van der Waals surface area contributed by atoms with Gasteiger partial charge in [-0.3, -0.25) is 9.59 Å². The van der Waals surface area contributed by atoms with Crippen LogP contribution in [-0.4, -0.2) is 28.6 Å². The third kappa shape index (κ3) is 5.99. The minimum Gasteiger partial charge on any atom is -0.356 e. The average molecular weight is 395 g/mol. The SMILES string of the molecule is Cc1cccc(-c2nnc(NC(=O)CCNC(=O)CCc3ccccc3)s2)c1. The number of anilines is 1. The van der Waals surface area contributed by atoms with Gasteiger partial charge in [0.2, 0.25) is 16.9 Å². The van der Waals surface area contributed by atoms with E-state index in [1.807, 2.05) is 61.5 Å². The Labute approximate surface area is 168 Å². The van der Waals surface area contributed by atoms with Crippen LogP contribution in [-0.2, 0) is 16.0 Å². The number of aryl methyl sites for hydroxylation is 2. The van der Waals surface area contributed by atoms with Crippen molar-refractivity contribution in [3.05, 3.63) is 65.7 Å². The number of benzene rings is 2. The molecule has 0 bridgehead atoms. The Balaban J connectivity index is 1.39. The van der Waals surface area contributed by atoms with E-state index in [1.54, 1.807) is 0 Å². The van der Waals surface area contributed by atoms with Gasteiger partial charge in [-0.05, 0) is 25.0 Å². The van der Waals surface area contributed by atoms with Gasteiger partial charge in [-0.2, -0.15) is 0 Å². The Morgan fingerprint density at radius 3 is 2.57 bits per heavy atom. The van der Waals surface area contributed by atoms with Crippen molar-refractivity contribution in [3.8, 4) is 10.6 Å². The predicted molar refractivity (Wildman–Crippen MR) is 111 cm³/mol. The van der Waals surface area contributed by atoms with E-state index in [4.69, 9.17) is 0 Å². The Kier molecular flexibility index (Phi) is 6.86. The fourth-order valence-electron chi connectivity index (χ4n) is 2.66. The van der Waals surface area contributed by atoms with Crippen molar-refractivity contribution in [1.29, 1.82) is 0 Å². The van der Waals surface area contributed by atoms with Gasteiger partial charge in [0.25, 0.3) is 0 Å². The highest BCUT2D eigenvalue weighted by molar-refractivity contribution is 7.18. The Hall–Kier alpha value is -3.06. The second kappa shape index (κ2) is 9.75. The lowest BCUT2D eigenvalue weighted by atomic mass is 10.1. The van der Waals surface area contributed by atoms with Crippen LogP contribution >= 0.6 is 11.3 Å². The molecule has 0 saturated carbocycles. The monoisotopic (exact) mass is 394 g/mol. The number of hydrogen-bond donors (Lipinski definition) is 2. The number of nitrogens with zero attached hydrogens (tertiary/aromatic N) is 2. The van der Waals surface area contributed by atoms with Gasteiger partial charge >= 0.3 is 0 Å². The summed E-state index contributed by atoms with van der Waals surface area (Å²) in [6, 6.07) is 17.8. The number of aromatic nitrogens is 2. The fourth-order valence-corrected chi connectivity index (χ4v) is 3.41. The molecule has 6 nitrogen and oxygen atoms in total. The second-order valence-corrected chi connectivity index (χ2v) is 7.39. The fraction of sp³-hybridized carbons (Fsp3) is 0.238. The first-order valence-corrected chi connectivity index (χ1v) is 9.93. The van der Waals surface area contributed by atoms with Crippen molar-refractivity contribution in [1.82, 2.24) is 15.5 Å². The molecule has 0 fully saturated rings. The van der Waals surface area contributed by atoms with E-state index in [-0.39, 0.29) is 18.2 Å². The molecule has 0 aliphatic carbocycles. The zero-order valence-corrected chi connectivity index (χ0v) is 16.5. The summed E-state index contributed by atoms with van der Waals surface area (Å²) >= 11 is 1.33. The molecule has 0 radical (unpaired) electrons. The van der Waals surface area contributed by atoms with Crippen LogP contribution in [0, 0.1) is 6.92 Å². The van der Waals surface area contributed by atoms with Crippen LogP contribution in [0.15, 0.2) is 54.6 Å². The summed E-state index contributed by atoms with van der Waals surface area (Å²) in [7, 11) is 0. The highest BCUT2D eigenvalue weighted by atomic mass is 32.1. The number of rotatable bonds is 8. The minimum atomic E-state index is -0.199. The second-order valence-electron chi connectivity index (χ2n) is 6.42. The average Bonchev–Trinajstić information content (AvgIpc) is 3.15. The van der Waals surface area contributed by atoms with Crippen molar-refractivity contribution < 1.29 is 9.59 Å². The van der Waals surface area contributed by atoms with E-state index in [0.29, 0.717) is 24.5 Å². The topological polar surface area (TPSA) is 84.0 Å². The van der Waals surface area contributed by atoms with Crippen LogP contribution in [0.3, 0.4) is 0 Å². The van der Waals surface area contributed by atoms with E-state index in [2.05, 4.69) is 20.8 Å². The lowest BCUT2D eigenvalue weighted by Crippen LogP contribution is -2.27. The molecule has 0 aliphatic heterocycles. The molecule has 2 aromatic carbocycles. The van der Waals surface area contributed by atoms with Crippen LogP contribution < -0.4 is 10.6 Å². The summed E-state index contributed by atoms with van der Waals surface area (Å²) in [6.07, 6.45) is 1.28. The predicted octanol–water partition coefficient (Wildman–Crippen LogP) is 3.59. The van der Waals surface area contributed by atoms with Crippen LogP contribution in [0.5, 0.6) is 0 Å². The molecule has 2 N–H and O–H groups in total. The third-order valence-corrected chi connectivity index (χ3v) is 4.98. The lowest BCUT2D eigenvalue weighted by Gasteiger charge is -2.05. The summed E-state index contributed by atoms with van der Waals surface area (Å²) in [5, 5.41) is 14.9. The van der Waals surface area contributed by atoms with Crippen LogP contribution in [0.2, 0.25) is 0 Å². The molecule has 0 saturated heterocycles. The van der Waals surface area contributed by atoms with E-state index < -0.39 is 0 Å². The molecule has 1 heterocycles. The highest BCUT2D eigenvalue weighted by Crippen LogP contribution is 2.26. The maximum atomic E-state index is 12.0. The molecule has 2 amide bonds. The van der Waals surface area contributed by atoms with Crippen LogP contribution in [0.1, 0.15) is 24.0 Å². The van der Waals surface area contributed by atoms with E-state index >= 15 is 0 Å². The quantitative estimate of drug-likeness (QED) is 0.611. The van der Waals surface area contributed by atoms with Crippen molar-refractivity contribution in [2.24, 2.45) is 0 Å². The Morgan fingerprint density at radius 1 is 0.964 bits per heavy atom. The molecule has 0 aliphatic rings. The summed E-state index contributed by atoms with van der Waals surface area (Å²) in [5.74, 6) is -0.260. The first kappa shape index (κ1) is 19.7. The third-order valence-electron chi connectivity index (χ3n) is 4.09. The zero-order chi connectivity index (χ0) is 19.8. The molecular formula is C21H22N4O2S. The summed E-state index contributed by atoms with van der Waals surface area (Å²) in [4.78, 5) is 23.9. The molecule has 0 spiro atoms. The van der Waals surface area contributed by atoms with Gasteiger partial charge in [-0.1, -0.05) is 65.4 Å². The van der Waals surface area contributed by atoms with Gasteiger partial charge in [0.1, 0.15) is 5.01 Å². The summed E-state index contributed by atoms with van der Waals surface area (Å²) in [6.45, 7) is 2.31. The number of hydrogen-bond acceptors (Lipinski definition) is 5. The Morgan fingerprint density at radius 2 is 1.79 bits per heavy atom. The lowest BCUT2D eigenvalue weighted by molar-refractivity contribution is -0.121. The molecule has 0 unspecified atom stereocenters. The Bertz CT molecular complexity index is 940. The van der Waals surface area contributed by atoms with Gasteiger partial charge in [-0.25, -0.2) is 0 Å². The van der Waals surface area contributed by atoms with E-state index in [0.717, 1.165) is 21.7 Å². The molecule has 1 aromatic heterocycles. The maximum absolute atomic E-state index is 12.0. The first-order chi connectivity index (χ1) is 13.6. The van der Waals surface area contributed by atoms with Crippen molar-refractivity contribution >= 4 is 28.3 Å². The smallest absolute Gasteiger partial charge is 0.227 e. The molecule has 144 valence electrons. The van der Waals surface area contributed by atoms with Gasteiger partial charge in [0.05, 0.1) is 0 Å². The molecule has 0 atom stereocenters. The van der Waals surface area contributed by atoms with E-state index in [1.165, 1.54) is 11.3 Å². The molecular weight excluding hydrogens is 372 g/mol. The molecule has 28 heavy (non-hydrogen) atoms. The highest BCUT2D eigenvalue weighted by Gasteiger charge is 2.10. The molecule has 3 aromatic rings. The minimum absolute atomic E-state index is 0.0608.